The van der Waals surface area contributed by atoms with Crippen molar-refractivity contribution in [1.82, 2.24) is 4.90 Å². The number of hydrogen-bond donors (Lipinski definition) is 1. The molecule has 2 rings (SSSR count). The van der Waals surface area contributed by atoms with Crippen molar-refractivity contribution in [3.8, 4) is 0 Å². The Morgan fingerprint density at radius 1 is 1.57 bits per heavy atom. The van der Waals surface area contributed by atoms with Crippen molar-refractivity contribution in [1.29, 1.82) is 0 Å². The van der Waals surface area contributed by atoms with E-state index in [1.165, 1.54) is 0 Å². The summed E-state index contributed by atoms with van der Waals surface area (Å²) < 4.78 is 0. The van der Waals surface area contributed by atoms with Crippen molar-refractivity contribution in [3.63, 3.8) is 0 Å². The number of carbonyl (C=O) groups is 1. The third-order valence-corrected chi connectivity index (χ3v) is 3.42. The molecule has 1 saturated carbocycles. The van der Waals surface area contributed by atoms with Gasteiger partial charge in [-0.1, -0.05) is 6.92 Å². The lowest BCUT2D eigenvalue weighted by Crippen LogP contribution is -2.34. The fourth-order valence-corrected chi connectivity index (χ4v) is 1.99. The maximum atomic E-state index is 11.9. The number of rotatable bonds is 2. The van der Waals surface area contributed by atoms with Crippen molar-refractivity contribution >= 4 is 18.3 Å². The van der Waals surface area contributed by atoms with Crippen molar-refractivity contribution in [2.75, 3.05) is 19.6 Å². The maximum Gasteiger partial charge on any atom is 0.228 e. The van der Waals surface area contributed by atoms with Gasteiger partial charge in [0.2, 0.25) is 5.91 Å². The van der Waals surface area contributed by atoms with Crippen LogP contribution in [0, 0.1) is 11.3 Å². The van der Waals surface area contributed by atoms with Crippen LogP contribution in [0.2, 0.25) is 0 Å². The van der Waals surface area contributed by atoms with E-state index in [2.05, 4.69) is 6.92 Å². The number of hydrogen-bond acceptors (Lipinski definition) is 2. The van der Waals surface area contributed by atoms with Gasteiger partial charge in [-0.2, -0.15) is 0 Å². The van der Waals surface area contributed by atoms with Gasteiger partial charge in [0.1, 0.15) is 0 Å². The summed E-state index contributed by atoms with van der Waals surface area (Å²) in [6, 6.07) is 0. The molecule has 1 unspecified atom stereocenters. The van der Waals surface area contributed by atoms with Gasteiger partial charge >= 0.3 is 0 Å². The van der Waals surface area contributed by atoms with Crippen LogP contribution in [0.5, 0.6) is 0 Å². The molecule has 1 saturated heterocycles. The van der Waals surface area contributed by atoms with Crippen LogP contribution in [0.25, 0.3) is 0 Å². The molecule has 2 N–H and O–H groups in total. The normalized spacial score (nSPS) is 28.4. The first-order valence-corrected chi connectivity index (χ1v) is 5.15. The number of nitrogens with zero attached hydrogens (tertiary/aromatic N) is 1. The van der Waals surface area contributed by atoms with Gasteiger partial charge in [-0.3, -0.25) is 4.79 Å². The molecule has 1 aliphatic carbocycles. The first kappa shape index (κ1) is 11.8. The van der Waals surface area contributed by atoms with Gasteiger partial charge in [-0.05, 0) is 31.7 Å². The minimum Gasteiger partial charge on any atom is -0.342 e. The van der Waals surface area contributed by atoms with Gasteiger partial charge in [0.05, 0.1) is 0 Å². The van der Waals surface area contributed by atoms with E-state index < -0.39 is 0 Å². The molecule has 14 heavy (non-hydrogen) atoms. The molecule has 0 aromatic carbocycles. The van der Waals surface area contributed by atoms with Gasteiger partial charge in [-0.25, -0.2) is 0 Å². The number of carbonyl (C=O) groups excluding carboxylic acids is 1. The highest BCUT2D eigenvalue weighted by Gasteiger charge is 2.48. The molecule has 0 aromatic rings. The van der Waals surface area contributed by atoms with E-state index in [4.69, 9.17) is 5.73 Å². The highest BCUT2D eigenvalue weighted by Crippen LogP contribution is 2.47. The minimum atomic E-state index is 0. The minimum absolute atomic E-state index is 0. The van der Waals surface area contributed by atoms with Crippen molar-refractivity contribution in [2.45, 2.75) is 26.2 Å². The molecule has 2 aliphatic rings. The zero-order chi connectivity index (χ0) is 9.47. The van der Waals surface area contributed by atoms with Gasteiger partial charge in [0.15, 0.2) is 0 Å². The van der Waals surface area contributed by atoms with Crippen molar-refractivity contribution in [3.05, 3.63) is 0 Å². The zero-order valence-electron chi connectivity index (χ0n) is 8.66. The summed E-state index contributed by atoms with van der Waals surface area (Å²) in [6.45, 7) is 4.62. The summed E-state index contributed by atoms with van der Waals surface area (Å²) in [6.07, 6.45) is 3.25. The zero-order valence-corrected chi connectivity index (χ0v) is 9.48. The Kier molecular flexibility index (Phi) is 3.43. The monoisotopic (exact) mass is 218 g/mol. The van der Waals surface area contributed by atoms with Gasteiger partial charge in [-0.15, -0.1) is 12.4 Å². The van der Waals surface area contributed by atoms with Crippen LogP contribution in [0.1, 0.15) is 26.2 Å². The van der Waals surface area contributed by atoms with E-state index in [9.17, 15) is 4.79 Å². The lowest BCUT2D eigenvalue weighted by Gasteiger charge is -2.20. The molecule has 4 heteroatoms. The fourth-order valence-electron chi connectivity index (χ4n) is 1.99. The Labute approximate surface area is 91.4 Å². The van der Waals surface area contributed by atoms with Crippen LogP contribution in [0.15, 0.2) is 0 Å². The Balaban J connectivity index is 0.000000980. The predicted molar refractivity (Wildman–Crippen MR) is 58.3 cm³/mol. The molecule has 1 aliphatic heterocycles. The molecule has 2 fully saturated rings. The topological polar surface area (TPSA) is 46.3 Å². The van der Waals surface area contributed by atoms with E-state index in [1.807, 2.05) is 4.90 Å². The Hall–Kier alpha value is -0.280. The number of nitrogens with two attached hydrogens (primary N) is 1. The third kappa shape index (κ3) is 2.04. The second kappa shape index (κ2) is 4.07. The molecule has 1 atom stereocenters. The first-order valence-electron chi connectivity index (χ1n) is 5.15. The first-order chi connectivity index (χ1) is 6.15. The van der Waals surface area contributed by atoms with E-state index in [1.54, 1.807) is 0 Å². The highest BCUT2D eigenvalue weighted by atomic mass is 35.5. The summed E-state index contributed by atoms with van der Waals surface area (Å²) in [5.41, 5.74) is 5.59. The average molecular weight is 219 g/mol. The van der Waals surface area contributed by atoms with Crippen LogP contribution in [0.3, 0.4) is 0 Å². The molecular formula is C10H19ClN2O. The van der Waals surface area contributed by atoms with Crippen LogP contribution in [-0.2, 0) is 4.79 Å². The maximum absolute atomic E-state index is 11.9. The Morgan fingerprint density at radius 3 is 2.64 bits per heavy atom. The van der Waals surface area contributed by atoms with Crippen LogP contribution >= 0.6 is 12.4 Å². The second-order valence-electron chi connectivity index (χ2n) is 4.70. The van der Waals surface area contributed by atoms with Crippen molar-refractivity contribution in [2.24, 2.45) is 17.1 Å². The number of halogens is 1. The molecule has 82 valence electrons. The van der Waals surface area contributed by atoms with E-state index >= 15 is 0 Å². The third-order valence-electron chi connectivity index (χ3n) is 3.42. The Bertz CT molecular complexity index is 228. The SMILES string of the molecule is CC1(C(=O)N2CCC(CN)C2)CC1.Cl. The summed E-state index contributed by atoms with van der Waals surface area (Å²) in [4.78, 5) is 13.9. The smallest absolute Gasteiger partial charge is 0.228 e. The lowest BCUT2D eigenvalue weighted by molar-refractivity contribution is -0.135. The van der Waals surface area contributed by atoms with Crippen LogP contribution in [-0.4, -0.2) is 30.4 Å². The number of amides is 1. The molecule has 1 amide bonds. The standard InChI is InChI=1S/C10H18N2O.ClH/c1-10(3-4-10)9(13)12-5-2-8(6-11)7-12;/h8H,2-7,11H2,1H3;1H. The fraction of sp³-hybridized carbons (Fsp3) is 0.900. The quantitative estimate of drug-likeness (QED) is 0.752. The van der Waals surface area contributed by atoms with Crippen LogP contribution in [0.4, 0.5) is 0 Å². The van der Waals surface area contributed by atoms with Crippen molar-refractivity contribution < 1.29 is 4.79 Å². The molecule has 0 spiro atoms. The van der Waals surface area contributed by atoms with Crippen LogP contribution < -0.4 is 5.73 Å². The number of likely N-dealkylation sites (tertiary alicyclic amines) is 1. The molecule has 0 radical (unpaired) electrons. The molecule has 3 nitrogen and oxygen atoms in total. The van der Waals surface area contributed by atoms with E-state index in [0.29, 0.717) is 11.8 Å². The van der Waals surface area contributed by atoms with Gasteiger partial charge < -0.3 is 10.6 Å². The summed E-state index contributed by atoms with van der Waals surface area (Å²) >= 11 is 0. The summed E-state index contributed by atoms with van der Waals surface area (Å²) in [5, 5.41) is 0. The van der Waals surface area contributed by atoms with E-state index in [-0.39, 0.29) is 17.8 Å². The Morgan fingerprint density at radius 2 is 2.21 bits per heavy atom. The largest absolute Gasteiger partial charge is 0.342 e. The lowest BCUT2D eigenvalue weighted by atomic mass is 10.1. The molecule has 0 aromatic heterocycles. The highest BCUT2D eigenvalue weighted by molar-refractivity contribution is 5.85. The summed E-state index contributed by atoms with van der Waals surface area (Å²) in [5.74, 6) is 0.912. The molecule has 1 heterocycles. The van der Waals surface area contributed by atoms with Gasteiger partial charge in [0, 0.05) is 18.5 Å². The average Bonchev–Trinajstić information content (AvgIpc) is 2.71. The molecular weight excluding hydrogens is 200 g/mol. The van der Waals surface area contributed by atoms with Gasteiger partial charge in [0.25, 0.3) is 0 Å². The molecule has 0 bridgehead atoms. The second-order valence-corrected chi connectivity index (χ2v) is 4.70. The summed E-state index contributed by atoms with van der Waals surface area (Å²) in [7, 11) is 0. The predicted octanol–water partition coefficient (Wildman–Crippen LogP) is 1.02. The van der Waals surface area contributed by atoms with E-state index in [0.717, 1.165) is 38.9 Å².